The van der Waals surface area contributed by atoms with Crippen LogP contribution in [0.2, 0.25) is 0 Å². The lowest BCUT2D eigenvalue weighted by Crippen LogP contribution is -1.93. The molecule has 0 bridgehead atoms. The molecule has 3 heteroatoms. The first-order valence-electron chi connectivity index (χ1n) is 5.54. The normalized spacial score (nSPS) is 15.4. The van der Waals surface area contributed by atoms with Crippen LogP contribution in [0.25, 0.3) is 5.69 Å². The van der Waals surface area contributed by atoms with E-state index in [2.05, 4.69) is 56.8 Å². The van der Waals surface area contributed by atoms with Crippen LogP contribution in [0.3, 0.4) is 0 Å². The highest BCUT2D eigenvalue weighted by molar-refractivity contribution is 9.10. The van der Waals surface area contributed by atoms with Crippen molar-refractivity contribution in [1.29, 1.82) is 0 Å². The van der Waals surface area contributed by atoms with E-state index in [0.717, 1.165) is 4.47 Å². The monoisotopic (exact) mass is 276 g/mol. The van der Waals surface area contributed by atoms with Gasteiger partial charge in [-0.2, -0.15) is 0 Å². The van der Waals surface area contributed by atoms with Crippen LogP contribution in [0.5, 0.6) is 0 Å². The zero-order valence-electron chi connectivity index (χ0n) is 9.15. The van der Waals surface area contributed by atoms with Gasteiger partial charge >= 0.3 is 0 Å². The van der Waals surface area contributed by atoms with Gasteiger partial charge in [-0.3, -0.25) is 0 Å². The van der Waals surface area contributed by atoms with Gasteiger partial charge in [-0.25, -0.2) is 4.98 Å². The van der Waals surface area contributed by atoms with Crippen LogP contribution in [-0.4, -0.2) is 9.55 Å². The minimum absolute atomic E-state index is 0.716. The number of imidazole rings is 1. The molecule has 0 unspecified atom stereocenters. The molecule has 0 atom stereocenters. The van der Waals surface area contributed by atoms with E-state index < -0.39 is 0 Å². The first kappa shape index (κ1) is 10.1. The number of aromatic nitrogens is 2. The molecule has 1 aliphatic carbocycles. The Kier molecular flexibility index (Phi) is 2.36. The maximum atomic E-state index is 4.47. The molecule has 2 nitrogen and oxygen atoms in total. The summed E-state index contributed by atoms with van der Waals surface area (Å²) in [5.74, 6) is 0.716. The molecule has 1 heterocycles. The van der Waals surface area contributed by atoms with Crippen LogP contribution in [-0.2, 0) is 0 Å². The summed E-state index contributed by atoms with van der Waals surface area (Å²) in [6, 6.07) is 6.32. The van der Waals surface area contributed by atoms with Gasteiger partial charge in [-0.15, -0.1) is 0 Å². The van der Waals surface area contributed by atoms with Crippen LogP contribution in [0.1, 0.15) is 30.0 Å². The van der Waals surface area contributed by atoms with Gasteiger partial charge in [0.05, 0.1) is 17.7 Å². The van der Waals surface area contributed by atoms with E-state index >= 15 is 0 Å². The van der Waals surface area contributed by atoms with Crippen molar-refractivity contribution in [1.82, 2.24) is 9.55 Å². The van der Waals surface area contributed by atoms with Gasteiger partial charge in [0.1, 0.15) is 0 Å². The number of nitrogens with zero attached hydrogens (tertiary/aromatic N) is 2. The number of halogens is 1. The third-order valence-corrected chi connectivity index (χ3v) is 3.54. The van der Waals surface area contributed by atoms with Gasteiger partial charge in [0, 0.05) is 16.6 Å². The average Bonchev–Trinajstić information content (AvgIpc) is 3.01. The minimum Gasteiger partial charge on any atom is -0.306 e. The van der Waals surface area contributed by atoms with E-state index in [-0.39, 0.29) is 0 Å². The van der Waals surface area contributed by atoms with Crippen molar-refractivity contribution in [3.8, 4) is 5.69 Å². The second-order valence-corrected chi connectivity index (χ2v) is 5.33. The Morgan fingerprint density at radius 1 is 1.38 bits per heavy atom. The third kappa shape index (κ3) is 1.80. The fourth-order valence-electron chi connectivity index (χ4n) is 1.92. The van der Waals surface area contributed by atoms with E-state index in [1.54, 1.807) is 0 Å². The van der Waals surface area contributed by atoms with Crippen molar-refractivity contribution in [2.75, 3.05) is 0 Å². The van der Waals surface area contributed by atoms with Gasteiger partial charge in [-0.05, 0) is 37.5 Å². The van der Waals surface area contributed by atoms with Crippen LogP contribution >= 0.6 is 15.9 Å². The molecule has 1 saturated carbocycles. The molecule has 1 aliphatic rings. The molecule has 1 fully saturated rings. The SMILES string of the molecule is Cc1ccc(Br)cc1-n1cnc(C2CC2)c1. The Labute approximate surface area is 103 Å². The number of aryl methyl sites for hydroxylation is 1. The van der Waals surface area contributed by atoms with Crippen LogP contribution < -0.4 is 0 Å². The smallest absolute Gasteiger partial charge is 0.0995 e. The summed E-state index contributed by atoms with van der Waals surface area (Å²) in [7, 11) is 0. The molecule has 2 aromatic rings. The van der Waals surface area contributed by atoms with Gasteiger partial charge in [0.15, 0.2) is 0 Å². The third-order valence-electron chi connectivity index (χ3n) is 3.05. The Balaban J connectivity index is 2.03. The Hall–Kier alpha value is -1.09. The second-order valence-electron chi connectivity index (χ2n) is 4.41. The van der Waals surface area contributed by atoms with E-state index in [1.165, 1.54) is 29.8 Å². The van der Waals surface area contributed by atoms with E-state index in [1.807, 2.05) is 6.33 Å². The number of benzene rings is 1. The Bertz CT molecular complexity index is 526. The molecule has 0 radical (unpaired) electrons. The van der Waals surface area contributed by atoms with Gasteiger partial charge < -0.3 is 4.57 Å². The molecule has 1 aromatic carbocycles. The summed E-state index contributed by atoms with van der Waals surface area (Å²) in [6.07, 6.45) is 6.68. The molecule has 16 heavy (non-hydrogen) atoms. The molecular weight excluding hydrogens is 264 g/mol. The van der Waals surface area contributed by atoms with Crippen molar-refractivity contribution in [2.45, 2.75) is 25.7 Å². The summed E-state index contributed by atoms with van der Waals surface area (Å²) in [5, 5.41) is 0. The largest absolute Gasteiger partial charge is 0.306 e. The quantitative estimate of drug-likeness (QED) is 0.816. The van der Waals surface area contributed by atoms with Crippen molar-refractivity contribution < 1.29 is 0 Å². The lowest BCUT2D eigenvalue weighted by atomic mass is 10.2. The second kappa shape index (κ2) is 3.74. The molecule has 0 N–H and O–H groups in total. The van der Waals surface area contributed by atoms with E-state index in [4.69, 9.17) is 0 Å². The lowest BCUT2D eigenvalue weighted by Gasteiger charge is -2.06. The topological polar surface area (TPSA) is 17.8 Å². The first-order valence-corrected chi connectivity index (χ1v) is 6.34. The maximum absolute atomic E-state index is 4.47. The lowest BCUT2D eigenvalue weighted by molar-refractivity contribution is 1.04. The number of hydrogen-bond donors (Lipinski definition) is 0. The summed E-state index contributed by atoms with van der Waals surface area (Å²) in [5.41, 5.74) is 3.70. The summed E-state index contributed by atoms with van der Waals surface area (Å²) in [4.78, 5) is 4.47. The van der Waals surface area contributed by atoms with Crippen LogP contribution in [0.4, 0.5) is 0 Å². The zero-order chi connectivity index (χ0) is 11.1. The highest BCUT2D eigenvalue weighted by Gasteiger charge is 2.25. The molecule has 3 rings (SSSR count). The average molecular weight is 277 g/mol. The zero-order valence-corrected chi connectivity index (χ0v) is 10.7. The fraction of sp³-hybridized carbons (Fsp3) is 0.308. The molecule has 82 valence electrons. The van der Waals surface area contributed by atoms with E-state index in [0.29, 0.717) is 5.92 Å². The molecule has 0 saturated heterocycles. The summed E-state index contributed by atoms with van der Waals surface area (Å²) < 4.78 is 3.23. The molecule has 0 aliphatic heterocycles. The molecule has 1 aromatic heterocycles. The summed E-state index contributed by atoms with van der Waals surface area (Å²) in [6.45, 7) is 2.12. The van der Waals surface area contributed by atoms with Gasteiger partial charge in [0.25, 0.3) is 0 Å². The first-order chi connectivity index (χ1) is 7.74. The van der Waals surface area contributed by atoms with Crippen molar-refractivity contribution in [2.24, 2.45) is 0 Å². The van der Waals surface area contributed by atoms with Crippen molar-refractivity contribution in [3.05, 3.63) is 46.5 Å². The Morgan fingerprint density at radius 3 is 2.94 bits per heavy atom. The van der Waals surface area contributed by atoms with Gasteiger partial charge in [0.2, 0.25) is 0 Å². The van der Waals surface area contributed by atoms with Crippen LogP contribution in [0.15, 0.2) is 35.2 Å². The Morgan fingerprint density at radius 2 is 2.19 bits per heavy atom. The predicted molar refractivity (Wildman–Crippen MR) is 68.0 cm³/mol. The molecular formula is C13H13BrN2. The van der Waals surface area contributed by atoms with Gasteiger partial charge in [-0.1, -0.05) is 22.0 Å². The fourth-order valence-corrected chi connectivity index (χ4v) is 2.27. The standard InChI is InChI=1S/C13H13BrN2/c1-9-2-5-11(14)6-13(9)16-7-12(15-8-16)10-3-4-10/h2,5-8,10H,3-4H2,1H3. The van der Waals surface area contributed by atoms with E-state index in [9.17, 15) is 0 Å². The van der Waals surface area contributed by atoms with Crippen molar-refractivity contribution >= 4 is 15.9 Å². The number of rotatable bonds is 2. The highest BCUT2D eigenvalue weighted by atomic mass is 79.9. The minimum atomic E-state index is 0.716. The maximum Gasteiger partial charge on any atom is 0.0995 e. The highest BCUT2D eigenvalue weighted by Crippen LogP contribution is 2.39. The van der Waals surface area contributed by atoms with Crippen LogP contribution in [0, 0.1) is 6.92 Å². The predicted octanol–water partition coefficient (Wildman–Crippen LogP) is 3.82. The molecule has 0 spiro atoms. The summed E-state index contributed by atoms with van der Waals surface area (Å²) >= 11 is 3.51. The molecule has 0 amide bonds. The number of hydrogen-bond acceptors (Lipinski definition) is 1. The van der Waals surface area contributed by atoms with Crippen molar-refractivity contribution in [3.63, 3.8) is 0 Å².